The third-order valence-corrected chi connectivity index (χ3v) is 7.49. The van der Waals surface area contributed by atoms with Crippen molar-refractivity contribution in [1.82, 2.24) is 10.3 Å². The van der Waals surface area contributed by atoms with Crippen molar-refractivity contribution in [3.63, 3.8) is 0 Å². The highest BCUT2D eigenvalue weighted by Gasteiger charge is 2.23. The van der Waals surface area contributed by atoms with E-state index in [1.807, 2.05) is 37.3 Å². The minimum absolute atomic E-state index is 0.244. The topological polar surface area (TPSA) is 138 Å². The number of aromatic nitrogens is 1. The summed E-state index contributed by atoms with van der Waals surface area (Å²) >= 11 is 0. The molecule has 5 aromatic rings. The lowest BCUT2D eigenvalue weighted by molar-refractivity contribution is -0.128. The van der Waals surface area contributed by atoms with Crippen LogP contribution >= 0.6 is 0 Å². The van der Waals surface area contributed by atoms with Gasteiger partial charge in [0, 0.05) is 46.3 Å². The van der Waals surface area contributed by atoms with Crippen molar-refractivity contribution in [3.8, 4) is 11.1 Å². The molecular weight excluding hydrogens is 537 g/mol. The van der Waals surface area contributed by atoms with Crippen molar-refractivity contribution >= 4 is 50.9 Å². The van der Waals surface area contributed by atoms with E-state index in [2.05, 4.69) is 20.9 Å². The first-order chi connectivity index (χ1) is 20.3. The van der Waals surface area contributed by atoms with Crippen molar-refractivity contribution in [2.45, 2.75) is 13.0 Å². The maximum absolute atomic E-state index is 13.3. The standard InChI is InChI=1S/C32H28FN5O4/c1-17-21(3-2-4-25(17)38-31(40)18-5-7-19(33)8-6-18)22-11-12-24(30(34)39)29-28(22)23-10-9-20(15-26(23)37-29)36-32(41)27-16-35-13-14-42-27/h2-12,15,27,35,37H,13-14,16H2,1H3,(H2,34,39)(H,36,41)(H,38,40). The normalized spacial score (nSPS) is 15.0. The molecule has 6 rings (SSSR count). The van der Waals surface area contributed by atoms with Gasteiger partial charge < -0.3 is 31.4 Å². The fraction of sp³-hybridized carbons (Fsp3) is 0.156. The van der Waals surface area contributed by atoms with E-state index < -0.39 is 17.8 Å². The molecule has 0 spiro atoms. The number of fused-ring (bicyclic) bond motifs is 3. The SMILES string of the molecule is Cc1c(NC(=O)c2ccc(F)cc2)cccc1-c1ccc(C(N)=O)c2[nH]c3cc(NC(=O)C4CNCCO4)ccc3c12. The minimum Gasteiger partial charge on any atom is -0.366 e. The van der Waals surface area contributed by atoms with Gasteiger partial charge >= 0.3 is 0 Å². The number of halogens is 1. The molecule has 0 bridgehead atoms. The monoisotopic (exact) mass is 565 g/mol. The number of amides is 3. The Morgan fingerprint density at radius 1 is 0.976 bits per heavy atom. The number of carbonyl (C=O) groups is 3. The van der Waals surface area contributed by atoms with Crippen LogP contribution in [0.1, 0.15) is 26.3 Å². The van der Waals surface area contributed by atoms with Gasteiger partial charge in [0.2, 0.25) is 0 Å². The van der Waals surface area contributed by atoms with Crippen LogP contribution in [0.15, 0.2) is 72.8 Å². The fourth-order valence-corrected chi connectivity index (χ4v) is 5.34. The van der Waals surface area contributed by atoms with E-state index in [-0.39, 0.29) is 11.8 Å². The Bertz CT molecular complexity index is 1860. The highest BCUT2D eigenvalue weighted by atomic mass is 19.1. The number of anilines is 2. The molecule has 10 heteroatoms. The van der Waals surface area contributed by atoms with Crippen LogP contribution in [0.4, 0.5) is 15.8 Å². The number of rotatable bonds is 6. The van der Waals surface area contributed by atoms with Gasteiger partial charge in [-0.3, -0.25) is 14.4 Å². The van der Waals surface area contributed by atoms with Gasteiger partial charge in [0.15, 0.2) is 0 Å². The first-order valence-corrected chi connectivity index (χ1v) is 13.5. The molecule has 1 aliphatic heterocycles. The summed E-state index contributed by atoms with van der Waals surface area (Å²) in [5.41, 5.74) is 11.3. The molecule has 1 aromatic heterocycles. The molecule has 4 aromatic carbocycles. The Labute approximate surface area is 240 Å². The third-order valence-electron chi connectivity index (χ3n) is 7.49. The lowest BCUT2D eigenvalue weighted by atomic mass is 9.93. The summed E-state index contributed by atoms with van der Waals surface area (Å²) in [5, 5.41) is 10.6. The van der Waals surface area contributed by atoms with Gasteiger partial charge in [0.25, 0.3) is 17.7 Å². The molecule has 2 heterocycles. The predicted octanol–water partition coefficient (Wildman–Crippen LogP) is 4.71. The van der Waals surface area contributed by atoms with Crippen LogP contribution in [0.3, 0.4) is 0 Å². The second-order valence-electron chi connectivity index (χ2n) is 10.2. The summed E-state index contributed by atoms with van der Waals surface area (Å²) in [5.74, 6) is -1.60. The Hall–Kier alpha value is -5.06. The Morgan fingerprint density at radius 3 is 2.52 bits per heavy atom. The third kappa shape index (κ3) is 5.09. The molecule has 0 aliphatic carbocycles. The quantitative estimate of drug-likeness (QED) is 0.203. The van der Waals surface area contributed by atoms with Crippen molar-refractivity contribution in [2.24, 2.45) is 5.73 Å². The number of H-pyrrole nitrogens is 1. The average molecular weight is 566 g/mol. The highest BCUT2D eigenvalue weighted by Crippen LogP contribution is 2.39. The molecule has 1 aliphatic rings. The Balaban J connectivity index is 1.40. The summed E-state index contributed by atoms with van der Waals surface area (Å²) < 4.78 is 18.9. The van der Waals surface area contributed by atoms with Gasteiger partial charge in [-0.1, -0.05) is 24.3 Å². The van der Waals surface area contributed by atoms with E-state index in [1.54, 1.807) is 18.2 Å². The number of morpholine rings is 1. The van der Waals surface area contributed by atoms with Gasteiger partial charge in [0.05, 0.1) is 17.7 Å². The van der Waals surface area contributed by atoms with Crippen LogP contribution in [0.25, 0.3) is 32.9 Å². The van der Waals surface area contributed by atoms with Gasteiger partial charge in [-0.05, 0) is 72.1 Å². The summed E-state index contributed by atoms with van der Waals surface area (Å²) in [4.78, 5) is 41.3. The largest absolute Gasteiger partial charge is 0.366 e. The van der Waals surface area contributed by atoms with Crippen LogP contribution in [-0.2, 0) is 9.53 Å². The smallest absolute Gasteiger partial charge is 0.255 e. The van der Waals surface area contributed by atoms with E-state index >= 15 is 0 Å². The number of benzene rings is 4. The summed E-state index contributed by atoms with van der Waals surface area (Å²) in [7, 11) is 0. The number of hydrogen-bond donors (Lipinski definition) is 5. The molecule has 212 valence electrons. The molecule has 1 saturated heterocycles. The molecule has 3 amide bonds. The number of nitrogens with two attached hydrogens (primary N) is 1. The van der Waals surface area contributed by atoms with Crippen LogP contribution in [0.2, 0.25) is 0 Å². The molecule has 42 heavy (non-hydrogen) atoms. The van der Waals surface area contributed by atoms with Crippen LogP contribution in [-0.4, -0.2) is 48.5 Å². The zero-order valence-corrected chi connectivity index (χ0v) is 22.7. The molecule has 1 fully saturated rings. The molecule has 0 saturated carbocycles. The number of hydrogen-bond acceptors (Lipinski definition) is 5. The molecular formula is C32H28FN5O4. The van der Waals surface area contributed by atoms with Crippen molar-refractivity contribution in [1.29, 1.82) is 0 Å². The van der Waals surface area contributed by atoms with Crippen molar-refractivity contribution < 1.29 is 23.5 Å². The zero-order valence-electron chi connectivity index (χ0n) is 22.7. The fourth-order valence-electron chi connectivity index (χ4n) is 5.34. The second-order valence-corrected chi connectivity index (χ2v) is 10.2. The summed E-state index contributed by atoms with van der Waals surface area (Å²) in [6, 6.07) is 19.9. The lowest BCUT2D eigenvalue weighted by Gasteiger charge is -2.22. The number of ether oxygens (including phenoxy) is 1. The van der Waals surface area contributed by atoms with E-state index in [4.69, 9.17) is 10.5 Å². The Morgan fingerprint density at radius 2 is 1.79 bits per heavy atom. The maximum Gasteiger partial charge on any atom is 0.255 e. The zero-order chi connectivity index (χ0) is 29.4. The predicted molar refractivity (Wildman–Crippen MR) is 160 cm³/mol. The highest BCUT2D eigenvalue weighted by molar-refractivity contribution is 6.20. The number of primary amides is 1. The summed E-state index contributed by atoms with van der Waals surface area (Å²) in [6.45, 7) is 3.51. The molecule has 0 radical (unpaired) electrons. The van der Waals surface area contributed by atoms with Gasteiger partial charge in [-0.15, -0.1) is 0 Å². The molecule has 1 atom stereocenters. The van der Waals surface area contributed by atoms with Gasteiger partial charge in [0.1, 0.15) is 11.9 Å². The average Bonchev–Trinajstić information content (AvgIpc) is 3.37. The molecule has 9 nitrogen and oxygen atoms in total. The minimum atomic E-state index is -0.580. The van der Waals surface area contributed by atoms with Crippen molar-refractivity contribution in [3.05, 3.63) is 95.3 Å². The van der Waals surface area contributed by atoms with E-state index in [0.717, 1.165) is 27.5 Å². The maximum atomic E-state index is 13.3. The number of carbonyl (C=O) groups excluding carboxylic acids is 3. The first kappa shape index (κ1) is 27.1. The van der Waals surface area contributed by atoms with Gasteiger partial charge in [-0.25, -0.2) is 4.39 Å². The lowest BCUT2D eigenvalue weighted by Crippen LogP contribution is -2.45. The number of nitrogens with one attached hydrogen (secondary N) is 4. The summed E-state index contributed by atoms with van der Waals surface area (Å²) in [6.07, 6.45) is -0.580. The van der Waals surface area contributed by atoms with Crippen LogP contribution < -0.4 is 21.7 Å². The van der Waals surface area contributed by atoms with E-state index in [1.165, 1.54) is 24.3 Å². The van der Waals surface area contributed by atoms with Gasteiger partial charge in [-0.2, -0.15) is 0 Å². The van der Waals surface area contributed by atoms with Crippen LogP contribution in [0, 0.1) is 12.7 Å². The second kappa shape index (κ2) is 11.1. The molecule has 1 unspecified atom stereocenters. The van der Waals surface area contributed by atoms with Crippen molar-refractivity contribution in [2.75, 3.05) is 30.3 Å². The van der Waals surface area contributed by atoms with E-state index in [0.29, 0.717) is 53.2 Å². The Kier molecular flexibility index (Phi) is 7.15. The number of aromatic amines is 1. The van der Waals surface area contributed by atoms with E-state index in [9.17, 15) is 18.8 Å². The first-order valence-electron chi connectivity index (χ1n) is 13.5. The molecule has 6 N–H and O–H groups in total. The van der Waals surface area contributed by atoms with Crippen LogP contribution in [0.5, 0.6) is 0 Å².